The summed E-state index contributed by atoms with van der Waals surface area (Å²) in [6.07, 6.45) is 26.6. The van der Waals surface area contributed by atoms with E-state index >= 15 is 0 Å². The molecule has 14 nitrogen and oxygen atoms in total. The molecule has 2 saturated heterocycles. The lowest BCUT2D eigenvalue weighted by Gasteiger charge is -2.46. The molecule has 0 bridgehead atoms. The number of hydrogen-bond acceptors (Lipinski definition) is 13. The van der Waals surface area contributed by atoms with Gasteiger partial charge in [0, 0.05) is 6.42 Å². The van der Waals surface area contributed by atoms with Crippen molar-refractivity contribution in [1.82, 2.24) is 5.32 Å². The van der Waals surface area contributed by atoms with Gasteiger partial charge in [-0.15, -0.1) is 0 Å². The van der Waals surface area contributed by atoms with Crippen molar-refractivity contribution in [3.63, 3.8) is 0 Å². The molecule has 63 heavy (non-hydrogen) atoms. The molecule has 362 valence electrons. The molecule has 2 heterocycles. The minimum absolute atomic E-state index is 0.254. The fraction of sp³-hybridized carbons (Fsp3) is 0.735. The molecular weight excluding hydrogens is 811 g/mol. The third-order valence-electron chi connectivity index (χ3n) is 11.1. The Morgan fingerprint density at radius 2 is 1.11 bits per heavy atom. The van der Waals surface area contributed by atoms with Gasteiger partial charge in [0.2, 0.25) is 5.91 Å². The Morgan fingerprint density at radius 3 is 1.75 bits per heavy atom. The van der Waals surface area contributed by atoms with Crippen LogP contribution in [0.3, 0.4) is 0 Å². The molecule has 2 aliphatic heterocycles. The molecule has 0 radical (unpaired) electrons. The highest BCUT2D eigenvalue weighted by Gasteiger charge is 2.50. The Balaban J connectivity index is 1.89. The average Bonchev–Trinajstić information content (AvgIpc) is 3.28. The van der Waals surface area contributed by atoms with E-state index in [9.17, 15) is 45.6 Å². The molecule has 0 saturated carbocycles. The van der Waals surface area contributed by atoms with E-state index < -0.39 is 86.8 Å². The lowest BCUT2D eigenvalue weighted by Crippen LogP contribution is -2.65. The second-order valence-electron chi connectivity index (χ2n) is 16.5. The maximum Gasteiger partial charge on any atom is 0.220 e. The molecule has 0 spiro atoms. The first-order valence-corrected chi connectivity index (χ1v) is 23.7. The summed E-state index contributed by atoms with van der Waals surface area (Å²) in [5, 5.41) is 86.5. The predicted octanol–water partition coefficient (Wildman–Crippen LogP) is 5.26. The molecule has 0 aromatic rings. The fourth-order valence-electron chi connectivity index (χ4n) is 7.20. The topological polar surface area (TPSA) is 228 Å². The molecule has 12 atom stereocenters. The maximum atomic E-state index is 13.1. The monoisotopic (exact) mass is 894 g/mol. The Hall–Kier alpha value is -2.57. The first-order chi connectivity index (χ1) is 30.6. The van der Waals surface area contributed by atoms with E-state index in [4.69, 9.17) is 18.9 Å². The largest absolute Gasteiger partial charge is 0.394 e. The van der Waals surface area contributed by atoms with Crippen LogP contribution in [0.2, 0.25) is 0 Å². The van der Waals surface area contributed by atoms with Crippen molar-refractivity contribution in [2.45, 2.75) is 209 Å². The number of aliphatic hydroxyl groups excluding tert-OH is 8. The summed E-state index contributed by atoms with van der Waals surface area (Å²) in [5.74, 6) is -0.270. The van der Waals surface area contributed by atoms with Gasteiger partial charge in [0.15, 0.2) is 12.6 Å². The van der Waals surface area contributed by atoms with Crippen LogP contribution >= 0.6 is 0 Å². The zero-order valence-corrected chi connectivity index (χ0v) is 38.0. The second-order valence-corrected chi connectivity index (χ2v) is 16.5. The van der Waals surface area contributed by atoms with Gasteiger partial charge in [0.1, 0.15) is 48.8 Å². The van der Waals surface area contributed by atoms with Crippen LogP contribution in [0.4, 0.5) is 0 Å². The predicted molar refractivity (Wildman–Crippen MR) is 244 cm³/mol. The zero-order chi connectivity index (χ0) is 46.1. The van der Waals surface area contributed by atoms with Crippen molar-refractivity contribution in [2.24, 2.45) is 0 Å². The molecule has 9 N–H and O–H groups in total. The van der Waals surface area contributed by atoms with Crippen LogP contribution in [0, 0.1) is 0 Å². The Kier molecular flexibility index (Phi) is 32.0. The summed E-state index contributed by atoms with van der Waals surface area (Å²) in [6, 6.07) is -0.944. The lowest BCUT2D eigenvalue weighted by atomic mass is 9.97. The number of amides is 1. The van der Waals surface area contributed by atoms with E-state index in [0.717, 1.165) is 83.5 Å². The van der Waals surface area contributed by atoms with Crippen LogP contribution in [-0.4, -0.2) is 140 Å². The van der Waals surface area contributed by atoms with Crippen LogP contribution in [0.1, 0.15) is 136 Å². The Bertz CT molecular complexity index is 1330. The molecule has 2 aliphatic rings. The van der Waals surface area contributed by atoms with Crippen molar-refractivity contribution in [3.8, 4) is 0 Å². The van der Waals surface area contributed by atoms with Gasteiger partial charge in [-0.1, -0.05) is 132 Å². The van der Waals surface area contributed by atoms with Crippen LogP contribution in [0.5, 0.6) is 0 Å². The lowest BCUT2D eigenvalue weighted by molar-refractivity contribution is -0.359. The molecule has 0 aromatic carbocycles. The van der Waals surface area contributed by atoms with Crippen molar-refractivity contribution < 1.29 is 64.6 Å². The van der Waals surface area contributed by atoms with Gasteiger partial charge in [-0.3, -0.25) is 4.79 Å². The van der Waals surface area contributed by atoms with Gasteiger partial charge in [0.05, 0.1) is 32.0 Å². The standard InChI is InChI=1S/C49H83NO13/c1-3-5-7-9-11-13-15-17-18-19-20-21-23-25-27-29-31-33-41(54)50-37(38(53)32-30-28-26-24-22-16-14-12-10-8-6-4-2)36-60-48-46(59)44(57)47(40(35-52)62-48)63-49-45(58)43(56)42(55)39(34-51)61-49/h5,7,10-13,17-18,22,24,30,32,37-40,42-49,51-53,55-59H,3-4,6,8-9,14-16,19-21,23,25-29,31,33-36H2,1-2H3,(H,50,54)/b7-5-,12-10+,13-11-,18-17-,24-22+,32-30+. The average molecular weight is 894 g/mol. The SMILES string of the molecule is CC/C=C\C/C=C\C/C=C\CCCCCCCCCC(=O)NC(COC1OC(CO)C(OC2OC(CO)C(O)C(O)C2O)C(O)C1O)C(O)/C=C/CC/C=C/CC/C=C/CCCC. The second kappa shape index (κ2) is 35.7. The minimum Gasteiger partial charge on any atom is -0.394 e. The summed E-state index contributed by atoms with van der Waals surface area (Å²) >= 11 is 0. The number of rotatable bonds is 34. The summed E-state index contributed by atoms with van der Waals surface area (Å²) in [5.41, 5.74) is 0. The number of hydrogen-bond donors (Lipinski definition) is 9. The zero-order valence-electron chi connectivity index (χ0n) is 38.0. The summed E-state index contributed by atoms with van der Waals surface area (Å²) in [7, 11) is 0. The Labute approximate surface area is 377 Å². The molecule has 0 aromatic heterocycles. The van der Waals surface area contributed by atoms with E-state index in [2.05, 4.69) is 79.9 Å². The highest BCUT2D eigenvalue weighted by Crippen LogP contribution is 2.30. The van der Waals surface area contributed by atoms with E-state index in [1.54, 1.807) is 6.08 Å². The van der Waals surface area contributed by atoms with Gasteiger partial charge in [-0.25, -0.2) is 0 Å². The first-order valence-electron chi connectivity index (χ1n) is 23.7. The summed E-state index contributed by atoms with van der Waals surface area (Å²) < 4.78 is 22.6. The van der Waals surface area contributed by atoms with Crippen LogP contribution < -0.4 is 5.32 Å². The molecule has 2 fully saturated rings. The molecule has 14 heteroatoms. The number of unbranched alkanes of at least 4 members (excludes halogenated alkanes) is 11. The van der Waals surface area contributed by atoms with E-state index in [1.807, 2.05) is 6.08 Å². The number of carbonyl (C=O) groups excluding carboxylic acids is 1. The van der Waals surface area contributed by atoms with Crippen LogP contribution in [-0.2, 0) is 23.7 Å². The number of allylic oxidation sites excluding steroid dienone is 11. The molecule has 0 aliphatic carbocycles. The molecule has 12 unspecified atom stereocenters. The quantitative estimate of drug-likeness (QED) is 0.0297. The van der Waals surface area contributed by atoms with Gasteiger partial charge in [0.25, 0.3) is 0 Å². The van der Waals surface area contributed by atoms with Crippen molar-refractivity contribution in [3.05, 3.63) is 72.9 Å². The van der Waals surface area contributed by atoms with Gasteiger partial charge >= 0.3 is 0 Å². The maximum absolute atomic E-state index is 13.1. The van der Waals surface area contributed by atoms with Crippen molar-refractivity contribution >= 4 is 5.91 Å². The normalized spacial score (nSPS) is 28.2. The van der Waals surface area contributed by atoms with E-state index in [1.165, 1.54) is 19.3 Å². The number of nitrogens with one attached hydrogen (secondary N) is 1. The highest BCUT2D eigenvalue weighted by atomic mass is 16.7. The van der Waals surface area contributed by atoms with Crippen LogP contribution in [0.25, 0.3) is 0 Å². The number of ether oxygens (including phenoxy) is 4. The minimum atomic E-state index is -1.79. The van der Waals surface area contributed by atoms with Crippen molar-refractivity contribution in [2.75, 3.05) is 19.8 Å². The summed E-state index contributed by atoms with van der Waals surface area (Å²) in [6.45, 7) is 2.55. The van der Waals surface area contributed by atoms with Gasteiger partial charge < -0.3 is 65.1 Å². The van der Waals surface area contributed by atoms with Crippen molar-refractivity contribution in [1.29, 1.82) is 0 Å². The highest BCUT2D eigenvalue weighted by molar-refractivity contribution is 5.76. The molecular formula is C49H83NO13. The first kappa shape index (κ1) is 56.6. The Morgan fingerprint density at radius 1 is 0.587 bits per heavy atom. The van der Waals surface area contributed by atoms with E-state index in [0.29, 0.717) is 12.8 Å². The van der Waals surface area contributed by atoms with Gasteiger partial charge in [-0.2, -0.15) is 0 Å². The molecule has 1 amide bonds. The fourth-order valence-corrected chi connectivity index (χ4v) is 7.20. The van der Waals surface area contributed by atoms with Crippen LogP contribution in [0.15, 0.2) is 72.9 Å². The smallest absolute Gasteiger partial charge is 0.220 e. The van der Waals surface area contributed by atoms with E-state index in [-0.39, 0.29) is 18.9 Å². The third-order valence-corrected chi connectivity index (χ3v) is 11.1. The number of carbonyl (C=O) groups is 1. The third kappa shape index (κ3) is 23.4. The number of aliphatic hydroxyl groups is 8. The summed E-state index contributed by atoms with van der Waals surface area (Å²) in [4.78, 5) is 13.1. The molecule has 2 rings (SSSR count). The van der Waals surface area contributed by atoms with Gasteiger partial charge in [-0.05, 0) is 70.6 Å².